The van der Waals surface area contributed by atoms with E-state index < -0.39 is 24.0 Å². The molecule has 0 spiro atoms. The van der Waals surface area contributed by atoms with Gasteiger partial charge in [-0.25, -0.2) is 14.3 Å². The molecule has 0 radical (unpaired) electrons. The lowest BCUT2D eigenvalue weighted by Crippen LogP contribution is -2.43. The molecule has 0 aliphatic heterocycles. The Hall–Kier alpha value is -2.87. The second-order valence-corrected chi connectivity index (χ2v) is 5.47. The van der Waals surface area contributed by atoms with Crippen LogP contribution in [-0.2, 0) is 9.53 Å². The average Bonchev–Trinajstić information content (AvgIpc) is 2.89. The fraction of sp³-hybridized carbons (Fsp3) is 0.250. The number of carbonyl (C=O) groups excluding carboxylic acids is 3. The summed E-state index contributed by atoms with van der Waals surface area (Å²) < 4.78 is 6.49. The van der Waals surface area contributed by atoms with E-state index in [4.69, 9.17) is 16.3 Å². The van der Waals surface area contributed by atoms with Crippen molar-refractivity contribution >= 4 is 29.5 Å². The Kier molecular flexibility index (Phi) is 5.76. The SMILES string of the molecule is CNC(=O)NC(=O)[C@@H](C)OC(=O)c1c(C)nn(-c2ccccc2)c1Cl. The predicted molar refractivity (Wildman–Crippen MR) is 90.8 cm³/mol. The Balaban J connectivity index is 2.19. The van der Waals surface area contributed by atoms with E-state index in [0.717, 1.165) is 0 Å². The van der Waals surface area contributed by atoms with Crippen molar-refractivity contribution in [3.05, 3.63) is 46.7 Å². The number of esters is 1. The van der Waals surface area contributed by atoms with Crippen LogP contribution in [0.15, 0.2) is 30.3 Å². The number of benzene rings is 1. The second kappa shape index (κ2) is 7.80. The molecule has 0 bridgehead atoms. The summed E-state index contributed by atoms with van der Waals surface area (Å²) in [5.74, 6) is -1.55. The van der Waals surface area contributed by atoms with E-state index in [1.165, 1.54) is 18.7 Å². The first-order chi connectivity index (χ1) is 11.8. The van der Waals surface area contributed by atoms with Gasteiger partial charge < -0.3 is 10.1 Å². The molecular weight excluding hydrogens is 348 g/mol. The molecule has 1 heterocycles. The highest BCUT2D eigenvalue weighted by Gasteiger charge is 2.26. The zero-order chi connectivity index (χ0) is 18.6. The molecule has 8 nitrogen and oxygen atoms in total. The van der Waals surface area contributed by atoms with Gasteiger partial charge >= 0.3 is 12.0 Å². The van der Waals surface area contributed by atoms with E-state index in [2.05, 4.69) is 10.4 Å². The van der Waals surface area contributed by atoms with Gasteiger partial charge in [0, 0.05) is 7.05 Å². The molecule has 25 heavy (non-hydrogen) atoms. The summed E-state index contributed by atoms with van der Waals surface area (Å²) in [6.45, 7) is 2.96. The molecule has 0 aliphatic carbocycles. The number of aromatic nitrogens is 2. The molecule has 0 unspecified atom stereocenters. The molecule has 9 heteroatoms. The Morgan fingerprint density at radius 1 is 1.24 bits per heavy atom. The predicted octanol–water partition coefficient (Wildman–Crippen LogP) is 1.84. The lowest BCUT2D eigenvalue weighted by molar-refractivity contribution is -0.127. The fourth-order valence-corrected chi connectivity index (χ4v) is 2.37. The van der Waals surface area contributed by atoms with Crippen LogP contribution >= 0.6 is 11.6 Å². The molecule has 0 aliphatic rings. The van der Waals surface area contributed by atoms with Crippen LogP contribution in [0.4, 0.5) is 4.79 Å². The topological polar surface area (TPSA) is 102 Å². The van der Waals surface area contributed by atoms with E-state index in [1.807, 2.05) is 23.5 Å². The molecule has 2 N–H and O–H groups in total. The Morgan fingerprint density at radius 2 is 1.88 bits per heavy atom. The van der Waals surface area contributed by atoms with Crippen LogP contribution in [0.2, 0.25) is 5.15 Å². The minimum Gasteiger partial charge on any atom is -0.449 e. The van der Waals surface area contributed by atoms with Crippen molar-refractivity contribution in [2.24, 2.45) is 0 Å². The molecule has 2 rings (SSSR count). The third kappa shape index (κ3) is 4.16. The van der Waals surface area contributed by atoms with Crippen molar-refractivity contribution in [2.45, 2.75) is 20.0 Å². The molecule has 0 saturated heterocycles. The Morgan fingerprint density at radius 3 is 2.48 bits per heavy atom. The standard InChI is InChI=1S/C16H17ClN4O4/c1-9-12(13(17)21(20-9)11-7-5-4-6-8-11)15(23)25-10(2)14(22)19-16(24)18-3/h4-8,10H,1-3H3,(H2,18,19,22,24)/t10-/m1/s1. The largest absolute Gasteiger partial charge is 0.449 e. The number of para-hydroxylation sites is 1. The van der Waals surface area contributed by atoms with Crippen molar-refractivity contribution < 1.29 is 19.1 Å². The molecule has 0 saturated carbocycles. The number of nitrogens with zero attached hydrogens (tertiary/aromatic N) is 2. The summed E-state index contributed by atoms with van der Waals surface area (Å²) in [5.41, 5.74) is 1.10. The van der Waals surface area contributed by atoms with Crippen molar-refractivity contribution in [1.29, 1.82) is 0 Å². The summed E-state index contributed by atoms with van der Waals surface area (Å²) in [7, 11) is 1.36. The number of ether oxygens (including phenoxy) is 1. The maximum absolute atomic E-state index is 12.4. The number of urea groups is 1. The monoisotopic (exact) mass is 364 g/mol. The maximum Gasteiger partial charge on any atom is 0.344 e. The lowest BCUT2D eigenvalue weighted by atomic mass is 10.2. The van der Waals surface area contributed by atoms with Gasteiger partial charge in [-0.05, 0) is 26.0 Å². The number of rotatable bonds is 4. The average molecular weight is 365 g/mol. The molecule has 2 aromatic rings. The van der Waals surface area contributed by atoms with Crippen LogP contribution in [0.25, 0.3) is 5.69 Å². The number of nitrogens with one attached hydrogen (secondary N) is 2. The van der Waals surface area contributed by atoms with Gasteiger partial charge in [0.1, 0.15) is 10.7 Å². The van der Waals surface area contributed by atoms with Crippen LogP contribution in [0.3, 0.4) is 0 Å². The highest BCUT2D eigenvalue weighted by Crippen LogP contribution is 2.24. The van der Waals surface area contributed by atoms with Gasteiger partial charge in [0.05, 0.1) is 11.4 Å². The second-order valence-electron chi connectivity index (χ2n) is 5.11. The van der Waals surface area contributed by atoms with Crippen LogP contribution in [0, 0.1) is 6.92 Å². The number of halogens is 1. The van der Waals surface area contributed by atoms with Crippen LogP contribution in [-0.4, -0.2) is 40.8 Å². The summed E-state index contributed by atoms with van der Waals surface area (Å²) in [5, 5.41) is 8.57. The number of amides is 3. The maximum atomic E-state index is 12.4. The van der Waals surface area contributed by atoms with Gasteiger partial charge in [-0.1, -0.05) is 29.8 Å². The van der Waals surface area contributed by atoms with Gasteiger partial charge in [0.25, 0.3) is 5.91 Å². The van der Waals surface area contributed by atoms with Gasteiger partial charge in [-0.3, -0.25) is 10.1 Å². The van der Waals surface area contributed by atoms with Crippen molar-refractivity contribution in [2.75, 3.05) is 7.05 Å². The first-order valence-electron chi connectivity index (χ1n) is 7.39. The normalized spacial score (nSPS) is 11.5. The highest BCUT2D eigenvalue weighted by molar-refractivity contribution is 6.33. The van der Waals surface area contributed by atoms with Crippen LogP contribution in [0.1, 0.15) is 23.0 Å². The van der Waals surface area contributed by atoms with Crippen molar-refractivity contribution in [1.82, 2.24) is 20.4 Å². The molecule has 3 amide bonds. The third-order valence-electron chi connectivity index (χ3n) is 3.33. The number of imide groups is 1. The van der Waals surface area contributed by atoms with Gasteiger partial charge in [-0.15, -0.1) is 0 Å². The van der Waals surface area contributed by atoms with E-state index in [0.29, 0.717) is 11.4 Å². The van der Waals surface area contributed by atoms with E-state index in [9.17, 15) is 14.4 Å². The molecule has 1 aromatic carbocycles. The van der Waals surface area contributed by atoms with E-state index in [1.54, 1.807) is 19.1 Å². The summed E-state index contributed by atoms with van der Waals surface area (Å²) >= 11 is 6.26. The molecule has 0 fully saturated rings. The number of hydrogen-bond acceptors (Lipinski definition) is 5. The summed E-state index contributed by atoms with van der Waals surface area (Å²) in [6.07, 6.45) is -1.18. The quantitative estimate of drug-likeness (QED) is 0.806. The smallest absolute Gasteiger partial charge is 0.344 e. The number of carbonyl (C=O) groups is 3. The van der Waals surface area contributed by atoms with Crippen LogP contribution < -0.4 is 10.6 Å². The minimum atomic E-state index is -1.18. The van der Waals surface area contributed by atoms with Crippen LogP contribution in [0.5, 0.6) is 0 Å². The Bertz CT molecular complexity index is 804. The lowest BCUT2D eigenvalue weighted by Gasteiger charge is -2.12. The number of aryl methyl sites for hydroxylation is 1. The third-order valence-corrected chi connectivity index (χ3v) is 3.67. The molecular formula is C16H17ClN4O4. The van der Waals surface area contributed by atoms with Gasteiger partial charge in [-0.2, -0.15) is 5.10 Å². The van der Waals surface area contributed by atoms with E-state index in [-0.39, 0.29) is 10.7 Å². The number of hydrogen-bond donors (Lipinski definition) is 2. The summed E-state index contributed by atoms with van der Waals surface area (Å²) in [6, 6.07) is 8.34. The molecule has 132 valence electrons. The summed E-state index contributed by atoms with van der Waals surface area (Å²) in [4.78, 5) is 35.3. The minimum absolute atomic E-state index is 0.0603. The van der Waals surface area contributed by atoms with Gasteiger partial charge in [0.15, 0.2) is 6.10 Å². The zero-order valence-corrected chi connectivity index (χ0v) is 14.6. The first kappa shape index (κ1) is 18.5. The fourth-order valence-electron chi connectivity index (χ4n) is 2.02. The molecule has 1 atom stereocenters. The highest BCUT2D eigenvalue weighted by atomic mass is 35.5. The zero-order valence-electron chi connectivity index (χ0n) is 13.9. The molecule has 1 aromatic heterocycles. The first-order valence-corrected chi connectivity index (χ1v) is 7.77. The van der Waals surface area contributed by atoms with E-state index >= 15 is 0 Å². The van der Waals surface area contributed by atoms with Crippen molar-refractivity contribution in [3.8, 4) is 5.69 Å². The van der Waals surface area contributed by atoms with Crippen molar-refractivity contribution in [3.63, 3.8) is 0 Å². The Labute approximate surface area is 149 Å². The van der Waals surface area contributed by atoms with Gasteiger partial charge in [0.2, 0.25) is 0 Å².